The van der Waals surface area contributed by atoms with E-state index in [4.69, 9.17) is 4.98 Å². The molecule has 0 radical (unpaired) electrons. The van der Waals surface area contributed by atoms with E-state index in [0.717, 1.165) is 52.9 Å². The third-order valence-electron chi connectivity index (χ3n) is 7.97. The predicted molar refractivity (Wildman–Crippen MR) is 156 cm³/mol. The van der Waals surface area contributed by atoms with Crippen LogP contribution in [-0.2, 0) is 11.3 Å². The second kappa shape index (κ2) is 11.5. The maximum Gasteiger partial charge on any atom is 0.253 e. The minimum Gasteiger partial charge on any atom is -0.339 e. The molecule has 2 saturated heterocycles. The summed E-state index contributed by atoms with van der Waals surface area (Å²) in [7, 11) is 0. The fourth-order valence-corrected chi connectivity index (χ4v) is 6.17. The molecule has 3 heterocycles. The van der Waals surface area contributed by atoms with E-state index in [9.17, 15) is 14.0 Å². The number of benzene rings is 3. The Balaban J connectivity index is 1.06. The van der Waals surface area contributed by atoms with Gasteiger partial charge in [-0.1, -0.05) is 34.1 Å². The van der Waals surface area contributed by atoms with Crippen molar-refractivity contribution >= 4 is 38.8 Å². The Morgan fingerprint density at radius 2 is 1.55 bits per heavy atom. The molecule has 9 heteroatoms. The minimum atomic E-state index is -0.360. The third kappa shape index (κ3) is 5.53. The van der Waals surface area contributed by atoms with Crippen LogP contribution in [0, 0.1) is 11.7 Å². The molecular formula is C31H31BrFN5O2. The second-order valence-electron chi connectivity index (χ2n) is 10.5. The summed E-state index contributed by atoms with van der Waals surface area (Å²) in [6.07, 6.45) is 1.62. The number of hydrogen-bond acceptors (Lipinski definition) is 4. The van der Waals surface area contributed by atoms with Crippen LogP contribution in [0.15, 0.2) is 77.3 Å². The summed E-state index contributed by atoms with van der Waals surface area (Å²) in [6, 6.07) is 22.1. The lowest BCUT2D eigenvalue weighted by atomic mass is 9.95. The fraction of sp³-hybridized carbons (Fsp3) is 0.323. The standard InChI is InChI=1S/C31H31BrFN5O2/c32-24-4-3-5-26(20-24)38-28-7-2-1-6-27(28)34-29(38)21-35-14-12-23(13-15-35)31(40)37-18-16-36(17-19-37)30(39)22-8-10-25(33)11-9-22/h1-11,20,23H,12-19,21H2. The number of imidazole rings is 1. The van der Waals surface area contributed by atoms with Gasteiger partial charge in [-0.15, -0.1) is 0 Å². The highest BCUT2D eigenvalue weighted by Gasteiger charge is 2.32. The summed E-state index contributed by atoms with van der Waals surface area (Å²) in [5.74, 6) is 0.704. The minimum absolute atomic E-state index is 0.000467. The molecule has 40 heavy (non-hydrogen) atoms. The van der Waals surface area contributed by atoms with Crippen LogP contribution in [0.4, 0.5) is 4.39 Å². The Labute approximate surface area is 241 Å². The van der Waals surface area contributed by atoms with Crippen molar-refractivity contribution in [3.05, 3.63) is 94.5 Å². The number of fused-ring (bicyclic) bond motifs is 1. The van der Waals surface area contributed by atoms with Gasteiger partial charge in [0.05, 0.1) is 17.6 Å². The van der Waals surface area contributed by atoms with Gasteiger partial charge in [-0.2, -0.15) is 0 Å². The SMILES string of the molecule is O=C(c1ccc(F)cc1)N1CCN(C(=O)C2CCN(Cc3nc4ccccc4n3-c3cccc(Br)c3)CC2)CC1. The van der Waals surface area contributed by atoms with Gasteiger partial charge in [-0.25, -0.2) is 9.37 Å². The maximum atomic E-state index is 13.3. The summed E-state index contributed by atoms with van der Waals surface area (Å²) >= 11 is 3.60. The zero-order valence-electron chi connectivity index (χ0n) is 22.2. The van der Waals surface area contributed by atoms with Crippen LogP contribution in [0.3, 0.4) is 0 Å². The molecule has 0 spiro atoms. The first-order valence-electron chi connectivity index (χ1n) is 13.7. The average molecular weight is 605 g/mol. The van der Waals surface area contributed by atoms with Crippen LogP contribution in [0.25, 0.3) is 16.7 Å². The van der Waals surface area contributed by atoms with Crippen LogP contribution in [0.2, 0.25) is 0 Å². The van der Waals surface area contributed by atoms with Crippen molar-refractivity contribution in [3.8, 4) is 5.69 Å². The van der Waals surface area contributed by atoms with Crippen molar-refractivity contribution < 1.29 is 14.0 Å². The molecule has 0 aliphatic carbocycles. The molecule has 2 fully saturated rings. The summed E-state index contributed by atoms with van der Waals surface area (Å²) < 4.78 is 16.5. The van der Waals surface area contributed by atoms with Gasteiger partial charge in [0.25, 0.3) is 5.91 Å². The number of nitrogens with zero attached hydrogens (tertiary/aromatic N) is 5. The van der Waals surface area contributed by atoms with Gasteiger partial charge in [0, 0.05) is 47.8 Å². The lowest BCUT2D eigenvalue weighted by molar-refractivity contribution is -0.138. The Kier molecular flexibility index (Phi) is 7.67. The average Bonchev–Trinajstić information content (AvgIpc) is 3.35. The van der Waals surface area contributed by atoms with Crippen LogP contribution < -0.4 is 0 Å². The molecule has 0 atom stereocenters. The number of carbonyl (C=O) groups is 2. The van der Waals surface area contributed by atoms with Gasteiger partial charge in [0.15, 0.2) is 0 Å². The maximum absolute atomic E-state index is 13.3. The van der Waals surface area contributed by atoms with E-state index in [2.05, 4.69) is 43.6 Å². The van der Waals surface area contributed by atoms with Crippen LogP contribution in [-0.4, -0.2) is 75.3 Å². The van der Waals surface area contributed by atoms with E-state index in [1.54, 1.807) is 4.90 Å². The Hall–Kier alpha value is -3.56. The highest BCUT2D eigenvalue weighted by atomic mass is 79.9. The predicted octanol–water partition coefficient (Wildman–Crippen LogP) is 5.12. The Morgan fingerprint density at radius 3 is 2.27 bits per heavy atom. The van der Waals surface area contributed by atoms with E-state index >= 15 is 0 Å². The molecule has 2 aliphatic rings. The van der Waals surface area contributed by atoms with Crippen molar-refractivity contribution in [2.45, 2.75) is 19.4 Å². The molecule has 3 aromatic carbocycles. The van der Waals surface area contributed by atoms with Gasteiger partial charge in [0.2, 0.25) is 5.91 Å². The zero-order valence-corrected chi connectivity index (χ0v) is 23.8. The van der Waals surface area contributed by atoms with Crippen molar-refractivity contribution in [1.29, 1.82) is 0 Å². The molecular weight excluding hydrogens is 573 g/mol. The third-order valence-corrected chi connectivity index (χ3v) is 8.46. The molecule has 2 aliphatic heterocycles. The topological polar surface area (TPSA) is 61.7 Å². The Bertz CT molecular complexity index is 1520. The number of piperidine rings is 1. The number of piperazine rings is 1. The number of para-hydroxylation sites is 2. The lowest BCUT2D eigenvalue weighted by Gasteiger charge is -2.38. The zero-order chi connectivity index (χ0) is 27.6. The van der Waals surface area contributed by atoms with Crippen molar-refractivity contribution in [2.75, 3.05) is 39.3 Å². The molecule has 2 amide bonds. The first-order chi connectivity index (χ1) is 19.5. The van der Waals surface area contributed by atoms with E-state index in [1.165, 1.54) is 24.3 Å². The number of hydrogen-bond donors (Lipinski definition) is 0. The number of amides is 2. The normalized spacial score (nSPS) is 16.9. The van der Waals surface area contributed by atoms with Crippen LogP contribution in [0.1, 0.15) is 29.0 Å². The quantitative estimate of drug-likeness (QED) is 0.317. The van der Waals surface area contributed by atoms with Crippen molar-refractivity contribution in [3.63, 3.8) is 0 Å². The molecule has 0 saturated carbocycles. The van der Waals surface area contributed by atoms with Crippen molar-refractivity contribution in [2.24, 2.45) is 5.92 Å². The molecule has 1 aromatic heterocycles. The molecule has 206 valence electrons. The second-order valence-corrected chi connectivity index (χ2v) is 11.4. The monoisotopic (exact) mass is 603 g/mol. The van der Waals surface area contributed by atoms with Gasteiger partial charge in [-0.05, 0) is 80.5 Å². The number of carbonyl (C=O) groups excluding carboxylic acids is 2. The van der Waals surface area contributed by atoms with E-state index in [1.807, 2.05) is 35.2 Å². The molecule has 0 bridgehead atoms. The van der Waals surface area contributed by atoms with Gasteiger partial charge in [0.1, 0.15) is 11.6 Å². The van der Waals surface area contributed by atoms with Gasteiger partial charge in [-0.3, -0.25) is 19.1 Å². The number of aromatic nitrogens is 2. The summed E-state index contributed by atoms with van der Waals surface area (Å²) in [4.78, 5) is 37.1. The molecule has 0 unspecified atom stereocenters. The molecule has 0 N–H and O–H groups in total. The van der Waals surface area contributed by atoms with Gasteiger partial charge >= 0.3 is 0 Å². The highest BCUT2D eigenvalue weighted by molar-refractivity contribution is 9.10. The number of likely N-dealkylation sites (tertiary alicyclic amines) is 1. The largest absolute Gasteiger partial charge is 0.339 e. The summed E-state index contributed by atoms with van der Waals surface area (Å²) in [6.45, 7) is 4.43. The first-order valence-corrected chi connectivity index (χ1v) is 14.5. The summed E-state index contributed by atoms with van der Waals surface area (Å²) in [5, 5.41) is 0. The van der Waals surface area contributed by atoms with Crippen LogP contribution in [0.5, 0.6) is 0 Å². The highest BCUT2D eigenvalue weighted by Crippen LogP contribution is 2.27. The lowest BCUT2D eigenvalue weighted by Crippen LogP contribution is -2.53. The molecule has 6 rings (SSSR count). The van der Waals surface area contributed by atoms with E-state index < -0.39 is 0 Å². The van der Waals surface area contributed by atoms with Gasteiger partial charge < -0.3 is 9.80 Å². The molecule has 7 nitrogen and oxygen atoms in total. The Morgan fingerprint density at radius 1 is 0.850 bits per heavy atom. The van der Waals surface area contributed by atoms with Crippen molar-refractivity contribution in [1.82, 2.24) is 24.3 Å². The smallest absolute Gasteiger partial charge is 0.253 e. The van der Waals surface area contributed by atoms with Crippen LogP contribution >= 0.6 is 15.9 Å². The molecule has 4 aromatic rings. The van der Waals surface area contributed by atoms with E-state index in [-0.39, 0.29) is 23.5 Å². The summed E-state index contributed by atoms with van der Waals surface area (Å²) in [5.41, 5.74) is 3.60. The fourth-order valence-electron chi connectivity index (χ4n) is 5.79. The number of rotatable bonds is 5. The number of halogens is 2. The van der Waals surface area contributed by atoms with E-state index in [0.29, 0.717) is 38.3 Å². The first kappa shape index (κ1) is 26.7.